The van der Waals surface area contributed by atoms with E-state index in [0.29, 0.717) is 33.2 Å². The second-order valence-corrected chi connectivity index (χ2v) is 11.2. The van der Waals surface area contributed by atoms with E-state index in [-0.39, 0.29) is 5.91 Å². The maximum atomic E-state index is 13.0. The van der Waals surface area contributed by atoms with Crippen molar-refractivity contribution < 1.29 is 19.0 Å². The maximum absolute atomic E-state index is 13.0. The minimum absolute atomic E-state index is 0.113. The number of anilines is 1. The molecule has 7 nitrogen and oxygen atoms in total. The van der Waals surface area contributed by atoms with Gasteiger partial charge in [0.25, 0.3) is 5.91 Å². The molecule has 3 aromatic carbocycles. The molecule has 202 valence electrons. The minimum Gasteiger partial charge on any atom is -0.493 e. The van der Waals surface area contributed by atoms with E-state index in [4.69, 9.17) is 30.8 Å². The van der Waals surface area contributed by atoms with Gasteiger partial charge in [0.1, 0.15) is 6.61 Å². The number of amides is 1. The Labute approximate surface area is 245 Å². The molecule has 10 heteroatoms. The molecule has 39 heavy (non-hydrogen) atoms. The number of ether oxygens (including phenoxy) is 3. The van der Waals surface area contributed by atoms with Crippen LogP contribution in [-0.4, -0.2) is 56.4 Å². The highest BCUT2D eigenvalue weighted by Gasteiger charge is 2.30. The molecule has 0 N–H and O–H groups in total. The molecule has 0 bridgehead atoms. The van der Waals surface area contributed by atoms with Crippen molar-refractivity contribution >= 4 is 67.8 Å². The second-order valence-electron chi connectivity index (χ2n) is 8.92. The number of morpholine rings is 1. The van der Waals surface area contributed by atoms with Crippen LogP contribution in [-0.2, 0) is 16.1 Å². The molecule has 0 aliphatic carbocycles. The highest BCUT2D eigenvalue weighted by Crippen LogP contribution is 2.38. The number of carbonyl (C=O) groups is 1. The zero-order valence-corrected chi connectivity index (χ0v) is 24.7. The number of aliphatic imine (C=N–C) groups is 1. The van der Waals surface area contributed by atoms with E-state index in [1.54, 1.807) is 19.1 Å². The number of halogens is 2. The summed E-state index contributed by atoms with van der Waals surface area (Å²) in [6, 6.07) is 19.2. The molecule has 2 aliphatic heterocycles. The number of hydrogen-bond acceptors (Lipinski definition) is 7. The molecule has 2 fully saturated rings. The number of rotatable bonds is 7. The van der Waals surface area contributed by atoms with Gasteiger partial charge in [0.05, 0.1) is 30.9 Å². The first-order chi connectivity index (χ1) is 18.9. The Balaban J connectivity index is 1.31. The van der Waals surface area contributed by atoms with Crippen LogP contribution in [0.5, 0.6) is 11.5 Å². The molecule has 0 saturated carbocycles. The molecule has 0 spiro atoms. The van der Waals surface area contributed by atoms with Gasteiger partial charge in [-0.3, -0.25) is 9.69 Å². The normalized spacial score (nSPS) is 17.8. The lowest BCUT2D eigenvalue weighted by Gasteiger charge is -2.28. The van der Waals surface area contributed by atoms with E-state index in [9.17, 15) is 4.79 Å². The van der Waals surface area contributed by atoms with Gasteiger partial charge in [-0.25, -0.2) is 4.99 Å². The Morgan fingerprint density at radius 2 is 1.79 bits per heavy atom. The zero-order chi connectivity index (χ0) is 27.4. The molecule has 0 aromatic heterocycles. The Morgan fingerprint density at radius 3 is 2.49 bits per heavy atom. The number of likely N-dealkylation sites (N-methyl/N-ethyl adjacent to an activating group) is 1. The van der Waals surface area contributed by atoms with E-state index in [0.717, 1.165) is 53.3 Å². The molecular formula is C29H27BrClN3O4S. The van der Waals surface area contributed by atoms with Crippen molar-refractivity contribution in [2.24, 2.45) is 4.99 Å². The van der Waals surface area contributed by atoms with Crippen molar-refractivity contribution in [1.82, 2.24) is 4.90 Å². The van der Waals surface area contributed by atoms with Crippen LogP contribution in [0.3, 0.4) is 0 Å². The quantitative estimate of drug-likeness (QED) is 0.270. The molecule has 0 radical (unpaired) electrons. The number of hydrogen-bond donors (Lipinski definition) is 0. The summed E-state index contributed by atoms with van der Waals surface area (Å²) in [5.74, 6) is 1.04. The average Bonchev–Trinajstić information content (AvgIpc) is 3.22. The third-order valence-corrected chi connectivity index (χ3v) is 8.33. The number of amidine groups is 1. The van der Waals surface area contributed by atoms with Crippen LogP contribution in [0.2, 0.25) is 5.02 Å². The second kappa shape index (κ2) is 12.5. The molecule has 3 aromatic rings. The summed E-state index contributed by atoms with van der Waals surface area (Å²) < 4.78 is 17.8. The number of carbonyl (C=O) groups excluding carboxylic acids is 1. The van der Waals surface area contributed by atoms with Crippen LogP contribution in [0.15, 0.2) is 75.0 Å². The molecule has 2 heterocycles. The van der Waals surface area contributed by atoms with Gasteiger partial charge in [0, 0.05) is 35.3 Å². The summed E-state index contributed by atoms with van der Waals surface area (Å²) >= 11 is 10.9. The van der Waals surface area contributed by atoms with E-state index < -0.39 is 0 Å². The van der Waals surface area contributed by atoms with Crippen LogP contribution in [0.25, 0.3) is 6.08 Å². The standard InChI is InChI=1S/C29H27BrClN3O4S/c1-33-28(35)27(39-29(33)32-22-7-9-23(10-8-22)34-11-13-37-14-12-34)16-20-15-25(36-2)26(17-24(20)30)38-18-19-3-5-21(31)6-4-19/h3-10,15-17H,11-14,18H2,1-2H3/b27-16-,32-29?. The lowest BCUT2D eigenvalue weighted by atomic mass is 10.1. The Hall–Kier alpha value is -2.98. The van der Waals surface area contributed by atoms with Gasteiger partial charge < -0.3 is 19.1 Å². The van der Waals surface area contributed by atoms with E-state index in [1.807, 2.05) is 54.6 Å². The lowest BCUT2D eigenvalue weighted by Crippen LogP contribution is -2.36. The third kappa shape index (κ3) is 6.61. The number of benzene rings is 3. The van der Waals surface area contributed by atoms with Crippen molar-refractivity contribution in [3.8, 4) is 11.5 Å². The van der Waals surface area contributed by atoms with Crippen molar-refractivity contribution in [3.05, 3.63) is 86.2 Å². The van der Waals surface area contributed by atoms with Gasteiger partial charge in [-0.15, -0.1) is 0 Å². The number of nitrogens with zero attached hydrogens (tertiary/aromatic N) is 3. The Kier molecular flexibility index (Phi) is 8.82. The number of methoxy groups -OCH3 is 1. The highest BCUT2D eigenvalue weighted by atomic mass is 79.9. The van der Waals surface area contributed by atoms with E-state index in [1.165, 1.54) is 11.8 Å². The molecule has 1 amide bonds. The fourth-order valence-corrected chi connectivity index (χ4v) is 5.68. The molecule has 0 atom stereocenters. The van der Waals surface area contributed by atoms with Gasteiger partial charge in [0.2, 0.25) is 0 Å². The zero-order valence-electron chi connectivity index (χ0n) is 21.5. The number of thioether (sulfide) groups is 1. The summed E-state index contributed by atoms with van der Waals surface area (Å²) in [6.45, 7) is 3.61. The first-order valence-corrected chi connectivity index (χ1v) is 14.3. The van der Waals surface area contributed by atoms with E-state index in [2.05, 4.69) is 33.0 Å². The first-order valence-electron chi connectivity index (χ1n) is 12.3. The van der Waals surface area contributed by atoms with Crippen LogP contribution in [0, 0.1) is 0 Å². The fourth-order valence-electron chi connectivity index (χ4n) is 4.14. The highest BCUT2D eigenvalue weighted by molar-refractivity contribution is 9.10. The van der Waals surface area contributed by atoms with Crippen molar-refractivity contribution in [2.75, 3.05) is 45.4 Å². The smallest absolute Gasteiger partial charge is 0.266 e. The predicted molar refractivity (Wildman–Crippen MR) is 161 cm³/mol. The predicted octanol–water partition coefficient (Wildman–Crippen LogP) is 6.76. The van der Waals surface area contributed by atoms with Crippen LogP contribution < -0.4 is 14.4 Å². The van der Waals surface area contributed by atoms with E-state index >= 15 is 0 Å². The molecular weight excluding hydrogens is 602 g/mol. The van der Waals surface area contributed by atoms with Gasteiger partial charge in [0.15, 0.2) is 16.7 Å². The molecule has 5 rings (SSSR count). The summed E-state index contributed by atoms with van der Waals surface area (Å²) in [6.07, 6.45) is 1.84. The topological polar surface area (TPSA) is 63.6 Å². The Bertz CT molecular complexity index is 1410. The average molecular weight is 629 g/mol. The van der Waals surface area contributed by atoms with Crippen LogP contribution >= 0.6 is 39.3 Å². The van der Waals surface area contributed by atoms with Crippen molar-refractivity contribution in [1.29, 1.82) is 0 Å². The minimum atomic E-state index is -0.113. The molecule has 2 aliphatic rings. The van der Waals surface area contributed by atoms with Gasteiger partial charge >= 0.3 is 0 Å². The fraction of sp³-hybridized carbons (Fsp3) is 0.241. The van der Waals surface area contributed by atoms with Gasteiger partial charge in [-0.05, 0) is 77.5 Å². The largest absolute Gasteiger partial charge is 0.493 e. The Morgan fingerprint density at radius 1 is 1.08 bits per heavy atom. The molecule has 0 unspecified atom stereocenters. The van der Waals surface area contributed by atoms with Gasteiger partial charge in [-0.2, -0.15) is 0 Å². The van der Waals surface area contributed by atoms with Gasteiger partial charge in [-0.1, -0.05) is 39.7 Å². The molecule has 2 saturated heterocycles. The van der Waals surface area contributed by atoms with Crippen LogP contribution in [0.4, 0.5) is 11.4 Å². The lowest BCUT2D eigenvalue weighted by molar-refractivity contribution is -0.121. The van der Waals surface area contributed by atoms with Crippen molar-refractivity contribution in [2.45, 2.75) is 6.61 Å². The van der Waals surface area contributed by atoms with Crippen LogP contribution in [0.1, 0.15) is 11.1 Å². The van der Waals surface area contributed by atoms with Crippen molar-refractivity contribution in [3.63, 3.8) is 0 Å². The monoisotopic (exact) mass is 627 g/mol. The maximum Gasteiger partial charge on any atom is 0.266 e. The summed E-state index contributed by atoms with van der Waals surface area (Å²) in [7, 11) is 3.33. The summed E-state index contributed by atoms with van der Waals surface area (Å²) in [5, 5.41) is 1.30. The SMILES string of the molecule is COc1cc(/C=C2\SC(=Nc3ccc(N4CCOCC4)cc3)N(C)C2=O)c(Br)cc1OCc1ccc(Cl)cc1. The third-order valence-electron chi connectivity index (χ3n) is 6.33. The summed E-state index contributed by atoms with van der Waals surface area (Å²) in [5.41, 5.74) is 3.72. The first kappa shape index (κ1) is 27.6. The summed E-state index contributed by atoms with van der Waals surface area (Å²) in [4.78, 5) is 22.2.